The van der Waals surface area contributed by atoms with Crippen LogP contribution in [-0.4, -0.2) is 12.8 Å². The number of alkyl halides is 1. The SMILES string of the molecule is C=CCC(F)CO[CH2-].[Rf]. The van der Waals surface area contributed by atoms with Crippen molar-refractivity contribution in [2.24, 2.45) is 0 Å². The molecule has 0 aliphatic rings. The van der Waals surface area contributed by atoms with Gasteiger partial charge in [-0.1, -0.05) is 6.08 Å². The first-order chi connectivity index (χ1) is 3.81. The molecule has 0 N–H and O–H groups in total. The van der Waals surface area contributed by atoms with E-state index in [1.807, 2.05) is 0 Å². The third kappa shape index (κ3) is 6.63. The van der Waals surface area contributed by atoms with Gasteiger partial charge >= 0.3 is 0 Å². The van der Waals surface area contributed by atoms with Crippen molar-refractivity contribution < 1.29 is 9.13 Å². The van der Waals surface area contributed by atoms with E-state index in [1.54, 1.807) is 0 Å². The molecule has 1 nitrogen and oxygen atoms in total. The van der Waals surface area contributed by atoms with E-state index in [2.05, 4.69) is 18.4 Å². The van der Waals surface area contributed by atoms with Gasteiger partial charge in [-0.05, 0) is 6.42 Å². The van der Waals surface area contributed by atoms with Gasteiger partial charge in [-0.3, -0.25) is 0 Å². The molecule has 0 saturated heterocycles. The van der Waals surface area contributed by atoms with Gasteiger partial charge in [0.2, 0.25) is 0 Å². The molecule has 3 heteroatoms. The normalized spacial score (nSPS) is 11.8. The number of hydrogen-bond acceptors (Lipinski definition) is 1. The largest absolute Gasteiger partial charge is 0.553 e. The average Bonchev–Trinajstić information content (AvgIpc) is 1.68. The summed E-state index contributed by atoms with van der Waals surface area (Å²) in [5.74, 6) is 0. The van der Waals surface area contributed by atoms with Gasteiger partial charge < -0.3 is 4.74 Å². The Morgan fingerprint density at radius 1 is 1.78 bits per heavy atom. The van der Waals surface area contributed by atoms with Crippen LogP contribution < -0.4 is 0 Å². The molecule has 0 aliphatic carbocycles. The summed E-state index contributed by atoms with van der Waals surface area (Å²) in [4.78, 5) is 0. The molecular weight excluding hydrogens is 374 g/mol. The summed E-state index contributed by atoms with van der Waals surface area (Å²) in [6, 6.07) is 0. The van der Waals surface area contributed by atoms with Gasteiger partial charge in [-0.2, -0.15) is 0 Å². The summed E-state index contributed by atoms with van der Waals surface area (Å²) >= 11 is 0. The van der Waals surface area contributed by atoms with Crippen molar-refractivity contribution in [3.63, 3.8) is 0 Å². The van der Waals surface area contributed by atoms with Crippen LogP contribution in [0.5, 0.6) is 0 Å². The molecule has 0 rings (SSSR count). The minimum Gasteiger partial charge on any atom is -0.553 e. The molecule has 0 aromatic carbocycles. The Labute approximate surface area is 49.2 Å². The van der Waals surface area contributed by atoms with E-state index in [0.717, 1.165) is 0 Å². The van der Waals surface area contributed by atoms with Gasteiger partial charge in [-0.15, -0.1) is 6.58 Å². The Balaban J connectivity index is 0. The van der Waals surface area contributed by atoms with Crippen LogP contribution in [-0.2, 0) is 4.74 Å². The van der Waals surface area contributed by atoms with Crippen LogP contribution in [0.4, 0.5) is 4.39 Å². The summed E-state index contributed by atoms with van der Waals surface area (Å²) in [6.07, 6.45) is 0.921. The quantitative estimate of drug-likeness (QED) is 0.530. The van der Waals surface area contributed by atoms with E-state index in [9.17, 15) is 4.39 Å². The predicted molar refractivity (Wildman–Crippen MR) is 31.0 cm³/mol. The van der Waals surface area contributed by atoms with E-state index >= 15 is 0 Å². The Bertz CT molecular complexity index is 68.1. The maximum absolute atomic E-state index is 12.2. The fourth-order valence-electron chi connectivity index (χ4n) is 0.377. The number of ether oxygens (including phenoxy) is 1. The fraction of sp³-hybridized carbons (Fsp3) is 0.500. The first-order valence-corrected chi connectivity index (χ1v) is 2.43. The summed E-state index contributed by atoms with van der Waals surface area (Å²) < 4.78 is 16.5. The Hall–Kier alpha value is -1.37. The summed E-state index contributed by atoms with van der Waals surface area (Å²) in [6.45, 7) is 3.43. The molecule has 0 fully saturated rings. The van der Waals surface area contributed by atoms with E-state index in [4.69, 9.17) is 0 Å². The molecule has 0 heterocycles. The van der Waals surface area contributed by atoms with Crippen LogP contribution in [0.3, 0.4) is 0 Å². The second-order valence-corrected chi connectivity index (χ2v) is 1.49. The van der Waals surface area contributed by atoms with Crippen molar-refractivity contribution in [1.82, 2.24) is 0 Å². The van der Waals surface area contributed by atoms with Gasteiger partial charge in [0, 0.05) is 6.61 Å². The second kappa shape index (κ2) is 6.63. The maximum Gasteiger partial charge on any atom is 0.124 e. The van der Waals surface area contributed by atoms with Crippen molar-refractivity contribution in [3.05, 3.63) is 19.8 Å². The zero-order valence-corrected chi connectivity index (χ0v) is 11.9. The molecule has 0 bridgehead atoms. The Morgan fingerprint density at radius 2 is 2.33 bits per heavy atom. The number of rotatable bonds is 4. The Morgan fingerprint density at radius 3 is 2.67 bits per heavy atom. The first-order valence-electron chi connectivity index (χ1n) is 2.43. The van der Waals surface area contributed by atoms with Crippen molar-refractivity contribution in [3.8, 4) is 0 Å². The molecule has 9 heavy (non-hydrogen) atoms. The number of halogens is 1. The van der Waals surface area contributed by atoms with Gasteiger partial charge in [0.25, 0.3) is 0 Å². The number of allylic oxidation sites excluding steroid dienone is 1. The van der Waals surface area contributed by atoms with Crippen LogP contribution >= 0.6 is 0 Å². The van der Waals surface area contributed by atoms with E-state index < -0.39 is 6.17 Å². The third-order valence-corrected chi connectivity index (χ3v) is 0.721. The molecule has 0 spiro atoms. The molecule has 0 radical (unpaired) electrons. The first kappa shape index (κ1) is 10.6. The molecule has 0 saturated carbocycles. The summed E-state index contributed by atoms with van der Waals surface area (Å²) in [5, 5.41) is 0. The van der Waals surface area contributed by atoms with Crippen LogP contribution in [0, 0.1) is 7.11 Å². The van der Waals surface area contributed by atoms with Crippen molar-refractivity contribution in [2.45, 2.75) is 12.6 Å². The fourth-order valence-corrected chi connectivity index (χ4v) is 0.377. The smallest absolute Gasteiger partial charge is 0.124 e. The molecule has 0 aromatic heterocycles. The molecular formula is C6H10FORf-. The van der Waals surface area contributed by atoms with Crippen LogP contribution in [0.25, 0.3) is 0 Å². The van der Waals surface area contributed by atoms with Crippen molar-refractivity contribution >= 4 is 0 Å². The zero-order valence-electron chi connectivity index (χ0n) is 5.48. The van der Waals surface area contributed by atoms with Crippen molar-refractivity contribution in [2.75, 3.05) is 6.61 Å². The second-order valence-electron chi connectivity index (χ2n) is 1.49. The predicted octanol–water partition coefficient (Wildman–Crippen LogP) is 1.71. The molecule has 0 aromatic rings. The minimum absolute atomic E-state index is 0. The van der Waals surface area contributed by atoms with Gasteiger partial charge in [0.15, 0.2) is 0 Å². The third-order valence-electron chi connectivity index (χ3n) is 0.721. The molecule has 50 valence electrons. The molecule has 1 atom stereocenters. The zero-order chi connectivity index (χ0) is 6.41. The summed E-state index contributed by atoms with van der Waals surface area (Å²) in [7, 11) is 3.03. The molecule has 1 unspecified atom stereocenters. The number of hydrogen-bond donors (Lipinski definition) is 0. The average molecular weight is 384 g/mol. The van der Waals surface area contributed by atoms with E-state index in [1.165, 1.54) is 6.08 Å². The minimum atomic E-state index is -0.940. The standard InChI is InChI=1S/C6H10FO.Rf/c1-3-4-6(7)5-8-2;/h3,6H,1-2,4-5H2;/q-1;. The van der Waals surface area contributed by atoms with Gasteiger partial charge in [0.1, 0.15) is 6.17 Å². The van der Waals surface area contributed by atoms with Gasteiger partial charge in [0.05, 0.1) is 0 Å². The van der Waals surface area contributed by atoms with E-state index in [0.29, 0.717) is 6.42 Å². The molecule has 0 aliphatic heterocycles. The van der Waals surface area contributed by atoms with Crippen LogP contribution in [0.1, 0.15) is 6.42 Å². The van der Waals surface area contributed by atoms with Crippen molar-refractivity contribution in [1.29, 1.82) is 0 Å². The molecule has 0 amide bonds. The topological polar surface area (TPSA) is 9.23 Å². The summed E-state index contributed by atoms with van der Waals surface area (Å²) in [5.41, 5.74) is 0. The maximum atomic E-state index is 12.2. The van der Waals surface area contributed by atoms with Gasteiger partial charge in [-0.25, -0.2) is 11.5 Å². The van der Waals surface area contributed by atoms with E-state index in [-0.39, 0.29) is 6.61 Å². The van der Waals surface area contributed by atoms with Crippen LogP contribution in [0.2, 0.25) is 0 Å². The monoisotopic (exact) mass is 384 g/mol. The van der Waals surface area contributed by atoms with Crippen LogP contribution in [0.15, 0.2) is 12.7 Å². The Kier molecular flexibility index (Phi) is 7.79.